The lowest BCUT2D eigenvalue weighted by Gasteiger charge is -2.31. The van der Waals surface area contributed by atoms with Gasteiger partial charge in [0.1, 0.15) is 12.2 Å². The average molecular weight is 493 g/mol. The largest absolute Gasteiger partial charge is 0.396 e. The monoisotopic (exact) mass is 492 g/mol. The first-order chi connectivity index (χ1) is 15.2. The highest BCUT2D eigenvalue weighted by Crippen LogP contribution is 2.37. The van der Waals surface area contributed by atoms with Gasteiger partial charge < -0.3 is 36.1 Å². The maximum absolute atomic E-state index is 12.2. The van der Waals surface area contributed by atoms with Gasteiger partial charge in [0.25, 0.3) is 0 Å². The van der Waals surface area contributed by atoms with Crippen molar-refractivity contribution in [2.24, 2.45) is 5.73 Å². The van der Waals surface area contributed by atoms with E-state index in [9.17, 15) is 19.8 Å². The van der Waals surface area contributed by atoms with Gasteiger partial charge in [-0.2, -0.15) is 0 Å². The Kier molecular flexibility index (Phi) is 11.1. The van der Waals surface area contributed by atoms with E-state index in [4.69, 9.17) is 15.2 Å². The Balaban J connectivity index is 1.80. The van der Waals surface area contributed by atoms with E-state index in [2.05, 4.69) is 24.5 Å². The lowest BCUT2D eigenvalue weighted by molar-refractivity contribution is -0.121. The van der Waals surface area contributed by atoms with Gasteiger partial charge in [-0.25, -0.2) is 4.79 Å². The molecule has 0 aromatic rings. The van der Waals surface area contributed by atoms with Crippen LogP contribution in [0.15, 0.2) is 11.8 Å². The Morgan fingerprint density at radius 2 is 2.25 bits per heavy atom. The van der Waals surface area contributed by atoms with Crippen molar-refractivity contribution in [1.29, 1.82) is 0 Å². The van der Waals surface area contributed by atoms with E-state index in [1.807, 2.05) is 0 Å². The predicted octanol–water partition coefficient (Wildman–Crippen LogP) is 1.09. The number of hydrogen-bond acceptors (Lipinski definition) is 9. The van der Waals surface area contributed by atoms with Crippen LogP contribution in [0.25, 0.3) is 0 Å². The summed E-state index contributed by atoms with van der Waals surface area (Å²) in [5.74, 6) is 0.405. The number of nitrogens with one attached hydrogen (secondary N) is 2. The minimum Gasteiger partial charge on any atom is -0.396 e. The van der Waals surface area contributed by atoms with Crippen LogP contribution in [0.5, 0.6) is 0 Å². The minimum atomic E-state index is -0.998. The highest BCUT2D eigenvalue weighted by molar-refractivity contribution is 8.77. The molecule has 0 aliphatic carbocycles. The molecule has 10 nitrogen and oxygen atoms in total. The highest BCUT2D eigenvalue weighted by Gasteiger charge is 2.41. The molecule has 2 heterocycles. The van der Waals surface area contributed by atoms with Crippen LogP contribution < -0.4 is 16.4 Å². The standard InChI is InChI=1S/C20H36N4O6S2/c1-13-10-24(19(28)23-18(13)27)17-9-15(14(30-17)6-8-25)29-12-31-32-20(2,3)11-22-16(26)5-4-7-21/h10,14-15,17-18,25,27H,4-9,11-12,21H2,1-3H3,(H,22,26)(H,23,28)/t14?,15-,17-,18?/m1/s1. The van der Waals surface area contributed by atoms with Crippen molar-refractivity contribution in [2.45, 2.75) is 75.9 Å². The molecule has 12 heteroatoms. The SMILES string of the molecule is CC1=CN([C@H]2C[C@@H](OCSSC(C)(C)CNC(=O)CCCN)C(CCO)O2)C(=O)NC1O. The van der Waals surface area contributed by atoms with Crippen LogP contribution in [0.2, 0.25) is 0 Å². The van der Waals surface area contributed by atoms with Gasteiger partial charge in [-0.1, -0.05) is 21.6 Å². The molecule has 0 saturated carbocycles. The van der Waals surface area contributed by atoms with Gasteiger partial charge in [-0.15, -0.1) is 0 Å². The quantitative estimate of drug-likeness (QED) is 0.145. The second kappa shape index (κ2) is 13.0. The predicted molar refractivity (Wildman–Crippen MR) is 125 cm³/mol. The number of nitrogens with zero attached hydrogens (tertiary/aromatic N) is 1. The van der Waals surface area contributed by atoms with Crippen molar-refractivity contribution in [3.63, 3.8) is 0 Å². The number of aliphatic hydroxyl groups excluding tert-OH is 2. The molecular weight excluding hydrogens is 456 g/mol. The molecule has 0 bridgehead atoms. The second-order valence-corrected chi connectivity index (χ2v) is 11.4. The molecule has 2 rings (SSSR count). The number of ether oxygens (including phenoxy) is 2. The number of carbonyl (C=O) groups excluding carboxylic acids is 2. The van der Waals surface area contributed by atoms with Crippen molar-refractivity contribution < 1.29 is 29.3 Å². The molecule has 2 unspecified atom stereocenters. The van der Waals surface area contributed by atoms with E-state index in [-0.39, 0.29) is 29.5 Å². The van der Waals surface area contributed by atoms with Gasteiger partial charge in [0, 0.05) is 36.9 Å². The fourth-order valence-corrected chi connectivity index (χ4v) is 5.46. The van der Waals surface area contributed by atoms with Crippen LogP contribution in [0.3, 0.4) is 0 Å². The van der Waals surface area contributed by atoms with Crippen molar-refractivity contribution >= 4 is 33.5 Å². The molecule has 6 N–H and O–H groups in total. The maximum atomic E-state index is 12.2. The Morgan fingerprint density at radius 3 is 2.94 bits per heavy atom. The van der Waals surface area contributed by atoms with E-state index in [1.54, 1.807) is 34.7 Å². The van der Waals surface area contributed by atoms with Crippen LogP contribution in [0.4, 0.5) is 4.79 Å². The summed E-state index contributed by atoms with van der Waals surface area (Å²) in [5, 5.41) is 24.5. The molecule has 0 radical (unpaired) electrons. The zero-order valence-corrected chi connectivity index (χ0v) is 20.5. The summed E-state index contributed by atoms with van der Waals surface area (Å²) < 4.78 is 11.8. The van der Waals surface area contributed by atoms with Gasteiger partial charge >= 0.3 is 6.03 Å². The minimum absolute atomic E-state index is 0.00456. The van der Waals surface area contributed by atoms with Crippen LogP contribution in [0.1, 0.15) is 46.5 Å². The molecule has 184 valence electrons. The lowest BCUT2D eigenvalue weighted by atomic mass is 10.1. The smallest absolute Gasteiger partial charge is 0.325 e. The third-order valence-electron chi connectivity index (χ3n) is 5.11. The van der Waals surface area contributed by atoms with Crippen LogP contribution in [-0.2, 0) is 14.3 Å². The van der Waals surface area contributed by atoms with E-state index in [1.165, 1.54) is 4.90 Å². The van der Waals surface area contributed by atoms with Gasteiger partial charge in [0.15, 0.2) is 6.23 Å². The first-order valence-electron chi connectivity index (χ1n) is 10.8. The highest BCUT2D eigenvalue weighted by atomic mass is 33.1. The Morgan fingerprint density at radius 1 is 1.50 bits per heavy atom. The van der Waals surface area contributed by atoms with Crippen molar-refractivity contribution in [2.75, 3.05) is 25.6 Å². The summed E-state index contributed by atoms with van der Waals surface area (Å²) in [7, 11) is 3.16. The number of urea groups is 1. The second-order valence-electron chi connectivity index (χ2n) is 8.46. The number of amides is 3. The molecule has 4 atom stereocenters. The summed E-state index contributed by atoms with van der Waals surface area (Å²) in [5.41, 5.74) is 6.04. The molecule has 1 saturated heterocycles. The molecule has 1 fully saturated rings. The Labute approximate surface area is 197 Å². The third kappa shape index (κ3) is 8.40. The maximum Gasteiger partial charge on any atom is 0.325 e. The molecule has 2 aliphatic rings. The zero-order valence-electron chi connectivity index (χ0n) is 18.9. The first-order valence-corrected chi connectivity index (χ1v) is 13.1. The van der Waals surface area contributed by atoms with E-state index in [0.717, 1.165) is 0 Å². The van der Waals surface area contributed by atoms with Crippen LogP contribution in [-0.4, -0.2) is 82.1 Å². The van der Waals surface area contributed by atoms with Gasteiger partial charge in [-0.3, -0.25) is 9.69 Å². The number of hydrogen-bond donors (Lipinski definition) is 5. The Bertz CT molecular complexity index is 666. The van der Waals surface area contributed by atoms with E-state index < -0.39 is 18.5 Å². The van der Waals surface area contributed by atoms with E-state index in [0.29, 0.717) is 50.3 Å². The number of carbonyl (C=O) groups is 2. The average Bonchev–Trinajstić information content (AvgIpc) is 3.13. The fraction of sp³-hybridized carbons (Fsp3) is 0.800. The van der Waals surface area contributed by atoms with Crippen molar-refractivity contribution in [1.82, 2.24) is 15.5 Å². The topological polar surface area (TPSA) is 146 Å². The fourth-order valence-electron chi connectivity index (χ4n) is 3.29. The lowest BCUT2D eigenvalue weighted by Crippen LogP contribution is -2.51. The summed E-state index contributed by atoms with van der Waals surface area (Å²) in [6, 6.07) is -0.434. The number of rotatable bonds is 13. The molecule has 3 amide bonds. The van der Waals surface area contributed by atoms with Gasteiger partial charge in [-0.05, 0) is 45.7 Å². The molecule has 32 heavy (non-hydrogen) atoms. The van der Waals surface area contributed by atoms with Crippen LogP contribution in [0, 0.1) is 0 Å². The zero-order chi connectivity index (χ0) is 23.7. The molecule has 0 aromatic carbocycles. The summed E-state index contributed by atoms with van der Waals surface area (Å²) in [6.45, 7) is 6.82. The normalized spacial score (nSPS) is 26.1. The van der Waals surface area contributed by atoms with Crippen molar-refractivity contribution in [3.8, 4) is 0 Å². The summed E-state index contributed by atoms with van der Waals surface area (Å²) in [4.78, 5) is 25.4. The van der Waals surface area contributed by atoms with E-state index >= 15 is 0 Å². The van der Waals surface area contributed by atoms with Gasteiger partial charge in [0.05, 0.1) is 12.2 Å². The molecule has 2 aliphatic heterocycles. The van der Waals surface area contributed by atoms with Gasteiger partial charge in [0.2, 0.25) is 5.91 Å². The Hall–Kier alpha value is -1.02. The molecule has 0 spiro atoms. The van der Waals surface area contributed by atoms with Crippen molar-refractivity contribution in [3.05, 3.63) is 11.8 Å². The van der Waals surface area contributed by atoms with Crippen LogP contribution >= 0.6 is 21.6 Å². The number of aliphatic hydroxyl groups is 2. The summed E-state index contributed by atoms with van der Waals surface area (Å²) in [6.07, 6.45) is 1.43. The molecule has 0 aromatic heterocycles. The third-order valence-corrected chi connectivity index (χ3v) is 8.05. The molecular formula is C20H36N4O6S2. The summed E-state index contributed by atoms with van der Waals surface area (Å²) >= 11 is 0. The number of nitrogens with two attached hydrogens (primary N) is 1. The first kappa shape index (κ1) is 27.2.